The summed E-state index contributed by atoms with van der Waals surface area (Å²) >= 11 is 0. The van der Waals surface area contributed by atoms with Crippen molar-refractivity contribution < 1.29 is 18.4 Å². The normalized spacial score (nSPS) is 17.4. The van der Waals surface area contributed by atoms with Gasteiger partial charge in [-0.25, -0.2) is 8.78 Å². The van der Waals surface area contributed by atoms with Crippen molar-refractivity contribution in [3.8, 4) is 0 Å². The van der Waals surface area contributed by atoms with Crippen molar-refractivity contribution in [1.82, 2.24) is 4.90 Å². The van der Waals surface area contributed by atoms with Crippen LogP contribution < -0.4 is 5.73 Å². The highest BCUT2D eigenvalue weighted by atomic mass is 19.1. The van der Waals surface area contributed by atoms with E-state index in [1.54, 1.807) is 0 Å². The number of carbonyl (C=O) groups is 2. The smallest absolute Gasteiger partial charge is 0.229 e. The lowest BCUT2D eigenvalue weighted by atomic mass is 10.1. The Morgan fingerprint density at radius 3 is 2.39 bits per heavy atom. The van der Waals surface area contributed by atoms with Gasteiger partial charge in [0.1, 0.15) is 11.6 Å². The fourth-order valence-electron chi connectivity index (χ4n) is 1.92. The Balaban J connectivity index is 2.14. The molecule has 0 bridgehead atoms. The zero-order chi connectivity index (χ0) is 13.3. The molecule has 96 valence electrons. The number of likely N-dealkylation sites (tertiary alicyclic amines) is 1. The van der Waals surface area contributed by atoms with Gasteiger partial charge < -0.3 is 5.73 Å². The van der Waals surface area contributed by atoms with Crippen LogP contribution in [0.1, 0.15) is 24.4 Å². The number of halogens is 2. The van der Waals surface area contributed by atoms with E-state index in [9.17, 15) is 18.4 Å². The van der Waals surface area contributed by atoms with Gasteiger partial charge in [-0.05, 0) is 6.07 Å². The molecule has 6 heteroatoms. The third-order valence-corrected chi connectivity index (χ3v) is 2.90. The minimum atomic E-state index is -0.850. The Hall–Kier alpha value is -1.82. The number of nitrogens with two attached hydrogens (primary N) is 1. The van der Waals surface area contributed by atoms with E-state index in [1.165, 1.54) is 6.07 Å². The lowest BCUT2D eigenvalue weighted by Crippen LogP contribution is -2.36. The van der Waals surface area contributed by atoms with Crippen molar-refractivity contribution >= 4 is 11.8 Å². The van der Waals surface area contributed by atoms with Crippen LogP contribution in [0, 0.1) is 11.6 Å². The first kappa shape index (κ1) is 12.6. The number of imide groups is 1. The van der Waals surface area contributed by atoms with Crippen molar-refractivity contribution in [2.24, 2.45) is 5.73 Å². The summed E-state index contributed by atoms with van der Waals surface area (Å²) in [6.07, 6.45) is 0.328. The Morgan fingerprint density at radius 1 is 1.22 bits per heavy atom. The van der Waals surface area contributed by atoms with E-state index >= 15 is 0 Å². The minimum Gasteiger partial charge on any atom is -0.322 e. The molecule has 1 aliphatic rings. The van der Waals surface area contributed by atoms with Crippen LogP contribution in [0.15, 0.2) is 18.2 Å². The molecule has 1 atom stereocenters. The Morgan fingerprint density at radius 2 is 1.83 bits per heavy atom. The summed E-state index contributed by atoms with van der Waals surface area (Å²) in [4.78, 5) is 23.8. The summed E-state index contributed by atoms with van der Waals surface area (Å²) in [6.45, 7) is -0.0831. The first-order chi connectivity index (χ1) is 8.49. The van der Waals surface area contributed by atoms with Gasteiger partial charge in [0.05, 0.1) is 6.04 Å². The average molecular weight is 254 g/mol. The molecular weight excluding hydrogens is 242 g/mol. The third kappa shape index (κ3) is 2.38. The summed E-state index contributed by atoms with van der Waals surface area (Å²) < 4.78 is 26.2. The van der Waals surface area contributed by atoms with Crippen molar-refractivity contribution in [3.05, 3.63) is 35.4 Å². The van der Waals surface area contributed by atoms with Crippen LogP contribution >= 0.6 is 0 Å². The van der Waals surface area contributed by atoms with Crippen molar-refractivity contribution in [1.29, 1.82) is 0 Å². The molecule has 18 heavy (non-hydrogen) atoms. The molecule has 1 aromatic rings. The van der Waals surface area contributed by atoms with Gasteiger partial charge in [-0.2, -0.15) is 0 Å². The van der Waals surface area contributed by atoms with Gasteiger partial charge in [-0.1, -0.05) is 6.07 Å². The molecule has 0 spiro atoms. The van der Waals surface area contributed by atoms with Crippen LogP contribution in [0.2, 0.25) is 0 Å². The second-order valence-corrected chi connectivity index (χ2v) is 4.17. The fraction of sp³-hybridized carbons (Fsp3) is 0.333. The number of hydrogen-bond acceptors (Lipinski definition) is 3. The first-order valence-corrected chi connectivity index (χ1v) is 5.53. The molecule has 1 heterocycles. The molecule has 0 aliphatic carbocycles. The van der Waals surface area contributed by atoms with E-state index in [-0.39, 0.29) is 36.8 Å². The topological polar surface area (TPSA) is 63.4 Å². The molecule has 2 rings (SSSR count). The Kier molecular flexibility index (Phi) is 3.38. The predicted molar refractivity (Wildman–Crippen MR) is 59.2 cm³/mol. The number of amides is 2. The van der Waals surface area contributed by atoms with Crippen molar-refractivity contribution in [2.45, 2.75) is 18.9 Å². The Bertz CT molecular complexity index is 489. The number of hydrogen-bond donors (Lipinski definition) is 1. The third-order valence-electron chi connectivity index (χ3n) is 2.90. The lowest BCUT2D eigenvalue weighted by molar-refractivity contribution is -0.138. The molecule has 2 amide bonds. The zero-order valence-corrected chi connectivity index (χ0v) is 9.53. The number of carbonyl (C=O) groups excluding carboxylic acids is 2. The van der Waals surface area contributed by atoms with Crippen molar-refractivity contribution in [2.75, 3.05) is 6.54 Å². The van der Waals surface area contributed by atoms with Crippen LogP contribution in [0.5, 0.6) is 0 Å². The van der Waals surface area contributed by atoms with Gasteiger partial charge in [0, 0.05) is 31.0 Å². The molecule has 1 saturated heterocycles. The quantitative estimate of drug-likeness (QED) is 0.822. The van der Waals surface area contributed by atoms with Gasteiger partial charge >= 0.3 is 0 Å². The average Bonchev–Trinajstić information content (AvgIpc) is 2.60. The number of benzene rings is 1. The van der Waals surface area contributed by atoms with Crippen LogP contribution in [0.25, 0.3) is 0 Å². The highest BCUT2D eigenvalue weighted by molar-refractivity contribution is 6.01. The zero-order valence-electron chi connectivity index (χ0n) is 9.53. The summed E-state index contributed by atoms with van der Waals surface area (Å²) in [5.41, 5.74) is 5.83. The maximum Gasteiger partial charge on any atom is 0.229 e. The molecule has 1 aliphatic heterocycles. The van der Waals surface area contributed by atoms with E-state index in [4.69, 9.17) is 5.73 Å². The fourth-order valence-corrected chi connectivity index (χ4v) is 1.92. The molecule has 2 N–H and O–H groups in total. The first-order valence-electron chi connectivity index (χ1n) is 5.53. The minimum absolute atomic E-state index is 0.0831. The summed E-state index contributed by atoms with van der Waals surface area (Å²) in [7, 11) is 0. The number of nitrogens with zero attached hydrogens (tertiary/aromatic N) is 1. The highest BCUT2D eigenvalue weighted by Crippen LogP contribution is 2.20. The molecule has 1 unspecified atom stereocenters. The van der Waals surface area contributed by atoms with E-state index in [2.05, 4.69) is 0 Å². The van der Waals surface area contributed by atoms with E-state index in [1.807, 2.05) is 0 Å². The predicted octanol–water partition coefficient (Wildman–Crippen LogP) is 1.11. The molecule has 0 aromatic heterocycles. The van der Waals surface area contributed by atoms with Crippen LogP contribution in [0.3, 0.4) is 0 Å². The highest BCUT2D eigenvalue weighted by Gasteiger charge is 2.30. The van der Waals surface area contributed by atoms with E-state index in [0.717, 1.165) is 17.0 Å². The summed E-state index contributed by atoms with van der Waals surface area (Å²) in [5, 5.41) is 0. The molecule has 0 saturated carbocycles. The summed E-state index contributed by atoms with van der Waals surface area (Å²) in [5.74, 6) is -2.09. The molecule has 4 nitrogen and oxygen atoms in total. The molecular formula is C12H12F2N2O2. The second-order valence-electron chi connectivity index (χ2n) is 4.17. The van der Waals surface area contributed by atoms with Gasteiger partial charge in [-0.3, -0.25) is 14.5 Å². The molecule has 1 aromatic carbocycles. The summed E-state index contributed by atoms with van der Waals surface area (Å²) in [6, 6.07) is 2.19. The standard InChI is InChI=1S/C12H12F2N2O2/c13-7-1-2-8(9(14)5-7)10(15)6-16-11(17)3-4-12(16)18/h1-2,5,10H,3-4,6,15H2. The van der Waals surface area contributed by atoms with Gasteiger partial charge in [0.2, 0.25) is 11.8 Å². The molecule has 1 fully saturated rings. The number of rotatable bonds is 3. The lowest BCUT2D eigenvalue weighted by Gasteiger charge is -2.19. The van der Waals surface area contributed by atoms with Crippen LogP contribution in [-0.4, -0.2) is 23.3 Å². The van der Waals surface area contributed by atoms with Crippen LogP contribution in [0.4, 0.5) is 8.78 Å². The second kappa shape index (κ2) is 4.81. The molecule has 0 radical (unpaired) electrons. The largest absolute Gasteiger partial charge is 0.322 e. The van der Waals surface area contributed by atoms with E-state index in [0.29, 0.717) is 0 Å². The monoisotopic (exact) mass is 254 g/mol. The van der Waals surface area contributed by atoms with E-state index < -0.39 is 17.7 Å². The Labute approximate surface area is 102 Å². The maximum absolute atomic E-state index is 13.5. The van der Waals surface area contributed by atoms with Crippen LogP contribution in [-0.2, 0) is 9.59 Å². The van der Waals surface area contributed by atoms with Crippen molar-refractivity contribution in [3.63, 3.8) is 0 Å². The van der Waals surface area contributed by atoms with Gasteiger partial charge in [0.25, 0.3) is 0 Å². The van der Waals surface area contributed by atoms with Gasteiger partial charge in [-0.15, -0.1) is 0 Å². The SMILES string of the molecule is NC(CN1C(=O)CCC1=O)c1ccc(F)cc1F. The maximum atomic E-state index is 13.5. The van der Waals surface area contributed by atoms with Gasteiger partial charge in [0.15, 0.2) is 0 Å².